The van der Waals surface area contributed by atoms with Crippen LogP contribution in [-0.4, -0.2) is 64.3 Å². The number of carbonyl (C=O) groups excluding carboxylic acids is 1. The zero-order valence-electron chi connectivity index (χ0n) is 13.4. The van der Waals surface area contributed by atoms with E-state index in [1.165, 1.54) is 6.07 Å². The molecular weight excluding hydrogens is 332 g/mol. The Kier molecular flexibility index (Phi) is 5.37. The Morgan fingerprint density at radius 2 is 2.04 bits per heavy atom. The number of morpholine rings is 1. The molecule has 7 nitrogen and oxygen atoms in total. The summed E-state index contributed by atoms with van der Waals surface area (Å²) < 4.78 is 37.9. The van der Waals surface area contributed by atoms with E-state index in [-0.39, 0.29) is 5.25 Å². The van der Waals surface area contributed by atoms with E-state index < -0.39 is 10.0 Å². The second kappa shape index (κ2) is 7.50. The summed E-state index contributed by atoms with van der Waals surface area (Å²) in [7, 11) is -3.41. The number of benzene rings is 1. The van der Waals surface area contributed by atoms with Crippen LogP contribution in [-0.2, 0) is 14.8 Å². The van der Waals surface area contributed by atoms with Crippen molar-refractivity contribution in [3.8, 4) is 5.75 Å². The second-order valence-corrected chi connectivity index (χ2v) is 7.98. The van der Waals surface area contributed by atoms with Gasteiger partial charge in [0.25, 0.3) is 0 Å². The highest BCUT2D eigenvalue weighted by Gasteiger charge is 2.36. The molecule has 1 aliphatic carbocycles. The Labute approximate surface area is 142 Å². The van der Waals surface area contributed by atoms with E-state index in [4.69, 9.17) is 9.47 Å². The Hall–Kier alpha value is -1.64. The fourth-order valence-electron chi connectivity index (χ4n) is 2.55. The van der Waals surface area contributed by atoms with Gasteiger partial charge in [-0.2, -0.15) is 0 Å². The van der Waals surface area contributed by atoms with Gasteiger partial charge in [0.05, 0.1) is 24.2 Å². The van der Waals surface area contributed by atoms with Gasteiger partial charge < -0.3 is 9.47 Å². The maximum Gasteiger partial charge on any atom is 0.235 e. The van der Waals surface area contributed by atoms with Crippen LogP contribution in [0.4, 0.5) is 5.69 Å². The molecule has 1 heterocycles. The number of hydrogen-bond acceptors (Lipinski definition) is 6. The van der Waals surface area contributed by atoms with Crippen molar-refractivity contribution in [2.24, 2.45) is 0 Å². The van der Waals surface area contributed by atoms with Gasteiger partial charge in [0.2, 0.25) is 10.0 Å². The molecule has 24 heavy (non-hydrogen) atoms. The van der Waals surface area contributed by atoms with Crippen LogP contribution in [0.15, 0.2) is 18.2 Å². The van der Waals surface area contributed by atoms with Crippen molar-refractivity contribution in [3.05, 3.63) is 23.8 Å². The zero-order chi connectivity index (χ0) is 17.0. The minimum absolute atomic E-state index is 0.327. The van der Waals surface area contributed by atoms with E-state index in [9.17, 15) is 13.2 Å². The highest BCUT2D eigenvalue weighted by Crippen LogP contribution is 2.33. The van der Waals surface area contributed by atoms with Gasteiger partial charge in [-0.3, -0.25) is 14.4 Å². The first-order chi connectivity index (χ1) is 11.6. The summed E-state index contributed by atoms with van der Waals surface area (Å²) in [5.74, 6) is 0.443. The predicted molar refractivity (Wildman–Crippen MR) is 90.1 cm³/mol. The third kappa shape index (κ3) is 4.46. The third-order valence-corrected chi connectivity index (χ3v) is 5.98. The van der Waals surface area contributed by atoms with Crippen molar-refractivity contribution in [2.75, 3.05) is 44.2 Å². The van der Waals surface area contributed by atoms with Crippen molar-refractivity contribution >= 4 is 22.0 Å². The van der Waals surface area contributed by atoms with Crippen LogP contribution >= 0.6 is 0 Å². The van der Waals surface area contributed by atoms with Crippen LogP contribution in [0, 0.1) is 0 Å². The van der Waals surface area contributed by atoms with E-state index in [0.29, 0.717) is 42.7 Å². The molecule has 0 spiro atoms. The first-order valence-corrected chi connectivity index (χ1v) is 9.67. The largest absolute Gasteiger partial charge is 0.490 e. The summed E-state index contributed by atoms with van der Waals surface area (Å²) in [6, 6.07) is 4.76. The number of hydrogen-bond donors (Lipinski definition) is 1. The normalized spacial score (nSPS) is 19.0. The zero-order valence-corrected chi connectivity index (χ0v) is 14.3. The number of rotatable bonds is 8. The molecule has 0 radical (unpaired) electrons. The molecular formula is C16H22N2O5S. The van der Waals surface area contributed by atoms with Crippen LogP contribution in [0.25, 0.3) is 0 Å². The molecule has 0 atom stereocenters. The summed E-state index contributed by atoms with van der Waals surface area (Å²) in [4.78, 5) is 13.2. The number of carbonyl (C=O) groups is 1. The van der Waals surface area contributed by atoms with Gasteiger partial charge in [0.1, 0.15) is 18.6 Å². The van der Waals surface area contributed by atoms with Gasteiger partial charge in [-0.05, 0) is 31.0 Å². The summed E-state index contributed by atoms with van der Waals surface area (Å²) in [6.07, 6.45) is 2.04. The van der Waals surface area contributed by atoms with E-state index in [2.05, 4.69) is 9.62 Å². The molecule has 1 aromatic rings. The fraction of sp³-hybridized carbons (Fsp3) is 0.562. The van der Waals surface area contributed by atoms with E-state index in [1.54, 1.807) is 12.1 Å². The Morgan fingerprint density at radius 1 is 1.29 bits per heavy atom. The molecule has 1 saturated heterocycles. The Morgan fingerprint density at radius 3 is 2.71 bits per heavy atom. The molecule has 1 saturated carbocycles. The molecule has 132 valence electrons. The number of nitrogens with zero attached hydrogens (tertiary/aromatic N) is 1. The number of ether oxygens (including phenoxy) is 2. The fourth-order valence-corrected chi connectivity index (χ4v) is 3.94. The Bertz CT molecular complexity index is 682. The second-order valence-electron chi connectivity index (χ2n) is 6.02. The van der Waals surface area contributed by atoms with Crippen molar-refractivity contribution in [3.63, 3.8) is 0 Å². The summed E-state index contributed by atoms with van der Waals surface area (Å²) in [5.41, 5.74) is 0.734. The first kappa shape index (κ1) is 17.2. The standard InChI is InChI=1S/C16H22N2O5S/c19-12-13-1-4-16(23-10-7-18-5-8-22-9-6-18)15(11-13)17-24(20,21)14-2-3-14/h1,4,11-12,14,17H,2-3,5-10H2. The van der Waals surface area contributed by atoms with Crippen molar-refractivity contribution < 1.29 is 22.7 Å². The predicted octanol–water partition coefficient (Wildman–Crippen LogP) is 1.11. The molecule has 1 N–H and O–H groups in total. The number of aldehydes is 1. The highest BCUT2D eigenvalue weighted by molar-refractivity contribution is 7.93. The smallest absolute Gasteiger partial charge is 0.235 e. The minimum Gasteiger partial charge on any atom is -0.490 e. The lowest BCUT2D eigenvalue weighted by atomic mass is 10.2. The van der Waals surface area contributed by atoms with Gasteiger partial charge in [-0.25, -0.2) is 8.42 Å². The van der Waals surface area contributed by atoms with Gasteiger partial charge in [-0.15, -0.1) is 0 Å². The lowest BCUT2D eigenvalue weighted by molar-refractivity contribution is 0.0323. The lowest BCUT2D eigenvalue weighted by Crippen LogP contribution is -2.38. The van der Waals surface area contributed by atoms with E-state index in [0.717, 1.165) is 32.8 Å². The quantitative estimate of drug-likeness (QED) is 0.704. The van der Waals surface area contributed by atoms with Gasteiger partial charge in [0, 0.05) is 25.2 Å². The summed E-state index contributed by atoms with van der Waals surface area (Å²) in [5, 5.41) is -0.335. The lowest BCUT2D eigenvalue weighted by Gasteiger charge is -2.26. The summed E-state index contributed by atoms with van der Waals surface area (Å²) in [6.45, 7) is 4.37. The average Bonchev–Trinajstić information content (AvgIpc) is 3.42. The van der Waals surface area contributed by atoms with E-state index >= 15 is 0 Å². The highest BCUT2D eigenvalue weighted by atomic mass is 32.2. The summed E-state index contributed by atoms with van der Waals surface area (Å²) >= 11 is 0. The molecule has 3 rings (SSSR count). The van der Waals surface area contributed by atoms with Gasteiger partial charge in [-0.1, -0.05) is 0 Å². The maximum atomic E-state index is 12.2. The monoisotopic (exact) mass is 354 g/mol. The number of nitrogens with one attached hydrogen (secondary N) is 1. The molecule has 2 fully saturated rings. The molecule has 2 aliphatic rings. The van der Waals surface area contributed by atoms with Gasteiger partial charge >= 0.3 is 0 Å². The number of anilines is 1. The molecule has 0 amide bonds. The van der Waals surface area contributed by atoms with Crippen molar-refractivity contribution in [1.82, 2.24) is 4.90 Å². The van der Waals surface area contributed by atoms with Crippen LogP contribution in [0.1, 0.15) is 23.2 Å². The van der Waals surface area contributed by atoms with Crippen LogP contribution < -0.4 is 9.46 Å². The van der Waals surface area contributed by atoms with Crippen LogP contribution in [0.5, 0.6) is 5.75 Å². The molecule has 1 aromatic carbocycles. The number of sulfonamides is 1. The molecule has 8 heteroatoms. The topological polar surface area (TPSA) is 84.9 Å². The molecule has 0 aromatic heterocycles. The average molecular weight is 354 g/mol. The van der Waals surface area contributed by atoms with Crippen molar-refractivity contribution in [2.45, 2.75) is 18.1 Å². The first-order valence-electron chi connectivity index (χ1n) is 8.12. The van der Waals surface area contributed by atoms with Crippen LogP contribution in [0.3, 0.4) is 0 Å². The van der Waals surface area contributed by atoms with Crippen molar-refractivity contribution in [1.29, 1.82) is 0 Å². The molecule has 0 unspecified atom stereocenters. The Balaban J connectivity index is 1.65. The minimum atomic E-state index is -3.41. The van der Waals surface area contributed by atoms with Gasteiger partial charge in [0.15, 0.2) is 0 Å². The molecule has 0 bridgehead atoms. The van der Waals surface area contributed by atoms with E-state index in [1.807, 2.05) is 0 Å². The maximum absolute atomic E-state index is 12.2. The third-order valence-electron chi connectivity index (χ3n) is 4.12. The molecule has 1 aliphatic heterocycles. The SMILES string of the molecule is O=Cc1ccc(OCCN2CCOCC2)c(NS(=O)(=O)C2CC2)c1. The van der Waals surface area contributed by atoms with Crippen LogP contribution in [0.2, 0.25) is 0 Å².